The number of aromatic nitrogens is 2. The topological polar surface area (TPSA) is 25.8 Å². The van der Waals surface area contributed by atoms with Gasteiger partial charge >= 0.3 is 0 Å². The highest BCUT2D eigenvalue weighted by Gasteiger charge is 1.87. The molecule has 2 heteroatoms. The largest absolute Gasteiger partial charge is 0.244 e. The highest BCUT2D eigenvalue weighted by molar-refractivity contribution is 5.76. The lowest BCUT2D eigenvalue weighted by Crippen LogP contribution is -1.77. The molecule has 0 bridgehead atoms. The number of fused-ring (bicyclic) bond motifs is 1. The fourth-order valence-electron chi connectivity index (χ4n) is 0.923. The van der Waals surface area contributed by atoms with Crippen molar-refractivity contribution in [2.75, 3.05) is 0 Å². The highest BCUT2D eigenvalue weighted by atomic mass is 14.8. The van der Waals surface area contributed by atoms with E-state index in [1.54, 1.807) is 6.33 Å². The molecular formula is C14H24N2. The molecule has 1 aromatic heterocycles. The van der Waals surface area contributed by atoms with Crippen LogP contribution in [0.25, 0.3) is 10.9 Å². The van der Waals surface area contributed by atoms with Crippen LogP contribution in [0, 0.1) is 0 Å². The molecule has 0 amide bonds. The average molecular weight is 220 g/mol. The van der Waals surface area contributed by atoms with Gasteiger partial charge in [-0.25, -0.2) is 9.97 Å². The van der Waals surface area contributed by atoms with Crippen molar-refractivity contribution in [2.24, 2.45) is 0 Å². The first-order chi connectivity index (χ1) is 7.97. The molecule has 0 radical (unpaired) electrons. The Hall–Kier alpha value is -1.44. The minimum atomic E-state index is 0.998. The molecule has 0 aliphatic heterocycles. The second kappa shape index (κ2) is 13.6. The first-order valence-electron chi connectivity index (χ1n) is 6.11. The van der Waals surface area contributed by atoms with Gasteiger partial charge in [-0.3, -0.25) is 0 Å². The van der Waals surface area contributed by atoms with Gasteiger partial charge in [0.2, 0.25) is 0 Å². The summed E-state index contributed by atoms with van der Waals surface area (Å²) in [5, 5.41) is 1.09. The summed E-state index contributed by atoms with van der Waals surface area (Å²) < 4.78 is 0. The van der Waals surface area contributed by atoms with E-state index in [0.717, 1.165) is 10.9 Å². The molecule has 0 aliphatic rings. The third-order valence-corrected chi connectivity index (χ3v) is 1.41. The maximum Gasteiger partial charge on any atom is 0.116 e. The lowest BCUT2D eigenvalue weighted by atomic mass is 10.2. The van der Waals surface area contributed by atoms with Crippen LogP contribution >= 0.6 is 0 Å². The minimum Gasteiger partial charge on any atom is -0.244 e. The van der Waals surface area contributed by atoms with E-state index < -0.39 is 0 Å². The Balaban J connectivity index is 0. The van der Waals surface area contributed by atoms with Crippen LogP contribution in [0.4, 0.5) is 0 Å². The van der Waals surface area contributed by atoms with E-state index in [1.807, 2.05) is 72.0 Å². The van der Waals surface area contributed by atoms with Crippen LogP contribution in [0.1, 0.15) is 41.5 Å². The zero-order chi connectivity index (χ0) is 12.8. The van der Waals surface area contributed by atoms with Crippen LogP contribution in [0.3, 0.4) is 0 Å². The van der Waals surface area contributed by atoms with Crippen molar-refractivity contribution in [1.29, 1.82) is 0 Å². The fraction of sp³-hybridized carbons (Fsp3) is 0.429. The van der Waals surface area contributed by atoms with Gasteiger partial charge in [-0.2, -0.15) is 0 Å². The molecule has 0 aliphatic carbocycles. The Morgan fingerprint density at radius 1 is 0.812 bits per heavy atom. The molecule has 2 aromatic rings. The normalized spacial score (nSPS) is 7.38. The van der Waals surface area contributed by atoms with E-state index in [-0.39, 0.29) is 0 Å². The number of rotatable bonds is 0. The molecule has 16 heavy (non-hydrogen) atoms. The Labute approximate surface area is 99.8 Å². The van der Waals surface area contributed by atoms with Crippen LogP contribution in [0.5, 0.6) is 0 Å². The summed E-state index contributed by atoms with van der Waals surface area (Å²) >= 11 is 0. The monoisotopic (exact) mass is 220 g/mol. The van der Waals surface area contributed by atoms with Gasteiger partial charge in [0.25, 0.3) is 0 Å². The molecule has 0 spiro atoms. The summed E-state index contributed by atoms with van der Waals surface area (Å²) in [5.74, 6) is 0. The van der Waals surface area contributed by atoms with Crippen LogP contribution in [-0.2, 0) is 0 Å². The van der Waals surface area contributed by atoms with Crippen LogP contribution in [0.2, 0.25) is 0 Å². The smallest absolute Gasteiger partial charge is 0.116 e. The van der Waals surface area contributed by atoms with Gasteiger partial charge in [-0.05, 0) is 6.07 Å². The second-order valence-corrected chi connectivity index (χ2v) is 2.08. The summed E-state index contributed by atoms with van der Waals surface area (Å²) in [6, 6.07) is 7.91. The molecule has 0 atom stereocenters. The summed E-state index contributed by atoms with van der Waals surface area (Å²) in [4.78, 5) is 7.97. The number of para-hydroxylation sites is 1. The van der Waals surface area contributed by atoms with Crippen LogP contribution in [-0.4, -0.2) is 9.97 Å². The molecule has 0 N–H and O–H groups in total. The van der Waals surface area contributed by atoms with E-state index >= 15 is 0 Å². The van der Waals surface area contributed by atoms with Gasteiger partial charge in [0, 0.05) is 11.6 Å². The zero-order valence-corrected chi connectivity index (χ0v) is 11.4. The predicted octanol–water partition coefficient (Wildman–Crippen LogP) is 4.71. The first-order valence-corrected chi connectivity index (χ1v) is 6.11. The minimum absolute atomic E-state index is 0.998. The lowest BCUT2D eigenvalue weighted by Gasteiger charge is -1.90. The third kappa shape index (κ3) is 6.12. The molecule has 1 aromatic carbocycles. The van der Waals surface area contributed by atoms with E-state index in [0.29, 0.717) is 0 Å². The molecule has 2 nitrogen and oxygen atoms in total. The van der Waals surface area contributed by atoms with Gasteiger partial charge in [0.15, 0.2) is 0 Å². The van der Waals surface area contributed by atoms with Crippen molar-refractivity contribution in [1.82, 2.24) is 9.97 Å². The van der Waals surface area contributed by atoms with E-state index in [1.165, 1.54) is 0 Å². The summed E-state index contributed by atoms with van der Waals surface area (Å²) in [7, 11) is 0. The SMILES string of the molecule is CC.CC.CC.c1ccc2ncncc2c1. The highest BCUT2D eigenvalue weighted by Crippen LogP contribution is 2.06. The van der Waals surface area contributed by atoms with Crippen molar-refractivity contribution in [3.8, 4) is 0 Å². The Bertz CT molecular complexity index is 280. The van der Waals surface area contributed by atoms with Crippen molar-refractivity contribution in [3.05, 3.63) is 36.8 Å². The van der Waals surface area contributed by atoms with Gasteiger partial charge in [-0.15, -0.1) is 0 Å². The van der Waals surface area contributed by atoms with Crippen molar-refractivity contribution < 1.29 is 0 Å². The molecule has 0 fully saturated rings. The standard InChI is InChI=1S/C8H6N2.3C2H6/c1-2-4-8-7(3-1)5-9-6-10-8;3*1-2/h1-6H;3*1-2H3. The van der Waals surface area contributed by atoms with E-state index in [2.05, 4.69) is 9.97 Å². The Kier molecular flexibility index (Phi) is 14.4. The maximum atomic E-state index is 4.07. The number of nitrogens with zero attached hydrogens (tertiary/aromatic N) is 2. The quantitative estimate of drug-likeness (QED) is 0.642. The average Bonchev–Trinajstić information content (AvgIpc) is 2.45. The predicted molar refractivity (Wildman–Crippen MR) is 73.6 cm³/mol. The molecule has 0 saturated heterocycles. The van der Waals surface area contributed by atoms with Gasteiger partial charge < -0.3 is 0 Å². The van der Waals surface area contributed by atoms with E-state index in [9.17, 15) is 0 Å². The van der Waals surface area contributed by atoms with Crippen molar-refractivity contribution >= 4 is 10.9 Å². The lowest BCUT2D eigenvalue weighted by molar-refractivity contribution is 1.22. The van der Waals surface area contributed by atoms with Gasteiger partial charge in [-0.1, -0.05) is 59.7 Å². The third-order valence-electron chi connectivity index (χ3n) is 1.41. The molecule has 0 saturated carbocycles. The number of hydrogen-bond donors (Lipinski definition) is 0. The molecule has 1 heterocycles. The summed E-state index contributed by atoms with van der Waals surface area (Å²) in [6.45, 7) is 12.0. The molecule has 0 unspecified atom stereocenters. The van der Waals surface area contributed by atoms with E-state index in [4.69, 9.17) is 0 Å². The molecule has 2 rings (SSSR count). The first kappa shape index (κ1) is 17.0. The van der Waals surface area contributed by atoms with Crippen molar-refractivity contribution in [3.63, 3.8) is 0 Å². The molecule has 90 valence electrons. The zero-order valence-electron chi connectivity index (χ0n) is 11.4. The van der Waals surface area contributed by atoms with Gasteiger partial charge in [0.05, 0.1) is 5.52 Å². The number of hydrogen-bond acceptors (Lipinski definition) is 2. The number of benzene rings is 1. The maximum absolute atomic E-state index is 4.07. The summed E-state index contributed by atoms with van der Waals surface area (Å²) in [6.07, 6.45) is 3.37. The van der Waals surface area contributed by atoms with Crippen LogP contribution < -0.4 is 0 Å². The summed E-state index contributed by atoms with van der Waals surface area (Å²) in [5.41, 5.74) is 0.998. The molecular weight excluding hydrogens is 196 g/mol. The Morgan fingerprint density at radius 3 is 1.94 bits per heavy atom. The van der Waals surface area contributed by atoms with Crippen molar-refractivity contribution in [2.45, 2.75) is 41.5 Å². The fourth-order valence-corrected chi connectivity index (χ4v) is 0.923. The Morgan fingerprint density at radius 2 is 1.38 bits per heavy atom. The van der Waals surface area contributed by atoms with Crippen LogP contribution in [0.15, 0.2) is 36.8 Å². The second-order valence-electron chi connectivity index (χ2n) is 2.08. The van der Waals surface area contributed by atoms with Gasteiger partial charge in [0.1, 0.15) is 6.33 Å².